The molecule has 4 nitrogen and oxygen atoms in total. The summed E-state index contributed by atoms with van der Waals surface area (Å²) < 4.78 is 0. The number of amides is 1. The van der Waals surface area contributed by atoms with Gasteiger partial charge in [0.1, 0.15) is 0 Å². The van der Waals surface area contributed by atoms with E-state index in [2.05, 4.69) is 10.3 Å². The Labute approximate surface area is 113 Å². The fourth-order valence-corrected chi connectivity index (χ4v) is 1.92. The van der Waals surface area contributed by atoms with E-state index >= 15 is 0 Å². The fourth-order valence-electron chi connectivity index (χ4n) is 1.92. The van der Waals surface area contributed by atoms with Gasteiger partial charge < -0.3 is 11.1 Å². The van der Waals surface area contributed by atoms with Crippen molar-refractivity contribution in [3.05, 3.63) is 41.6 Å². The summed E-state index contributed by atoms with van der Waals surface area (Å²) in [6.07, 6.45) is 0. The van der Waals surface area contributed by atoms with E-state index in [1.54, 1.807) is 0 Å². The summed E-state index contributed by atoms with van der Waals surface area (Å²) in [5.74, 6) is -0.114. The number of carbonyl (C=O) groups is 1. The van der Waals surface area contributed by atoms with Crippen molar-refractivity contribution in [3.8, 4) is 0 Å². The predicted molar refractivity (Wildman–Crippen MR) is 77.1 cm³/mol. The molecule has 0 aliphatic rings. The average Bonchev–Trinajstić information content (AvgIpc) is 2.37. The van der Waals surface area contributed by atoms with E-state index in [0.29, 0.717) is 12.1 Å². The highest BCUT2D eigenvalue weighted by atomic mass is 16.1. The van der Waals surface area contributed by atoms with Crippen LogP contribution in [0.15, 0.2) is 30.3 Å². The second-order valence-corrected chi connectivity index (χ2v) is 5.37. The molecule has 1 amide bonds. The quantitative estimate of drug-likeness (QED) is 0.883. The first-order chi connectivity index (χ1) is 8.93. The standard InChI is InChI=1S/C15H19N3O/c1-10-8-12(14(19)18-15(2,3)9-16)11-6-4-5-7-13(11)17-10/h4-8H,9,16H2,1-3H3,(H,18,19). The minimum absolute atomic E-state index is 0.114. The first-order valence-corrected chi connectivity index (χ1v) is 6.32. The Hall–Kier alpha value is -1.94. The van der Waals surface area contributed by atoms with Crippen molar-refractivity contribution in [1.29, 1.82) is 0 Å². The Kier molecular flexibility index (Phi) is 3.53. The molecule has 0 saturated carbocycles. The lowest BCUT2D eigenvalue weighted by atomic mass is 10.0. The second kappa shape index (κ2) is 4.97. The molecule has 1 aromatic carbocycles. The summed E-state index contributed by atoms with van der Waals surface area (Å²) in [4.78, 5) is 16.8. The number of aromatic nitrogens is 1. The molecule has 0 fully saturated rings. The lowest BCUT2D eigenvalue weighted by Crippen LogP contribution is -2.48. The number of nitrogens with two attached hydrogens (primary N) is 1. The third-order valence-electron chi connectivity index (χ3n) is 3.05. The maximum atomic E-state index is 12.4. The van der Waals surface area contributed by atoms with E-state index in [1.165, 1.54) is 0 Å². The number of hydrogen-bond acceptors (Lipinski definition) is 3. The van der Waals surface area contributed by atoms with Crippen LogP contribution in [0.3, 0.4) is 0 Å². The zero-order chi connectivity index (χ0) is 14.0. The van der Waals surface area contributed by atoms with Crippen molar-refractivity contribution >= 4 is 16.8 Å². The van der Waals surface area contributed by atoms with E-state index in [4.69, 9.17) is 5.73 Å². The van der Waals surface area contributed by atoms with Crippen LogP contribution < -0.4 is 11.1 Å². The smallest absolute Gasteiger partial charge is 0.252 e. The molecule has 0 saturated heterocycles. The predicted octanol–water partition coefficient (Wildman–Crippen LogP) is 2.01. The molecule has 0 aliphatic carbocycles. The number of hydrogen-bond donors (Lipinski definition) is 2. The largest absolute Gasteiger partial charge is 0.346 e. The summed E-state index contributed by atoms with van der Waals surface area (Å²) in [5, 5.41) is 3.81. The maximum Gasteiger partial charge on any atom is 0.252 e. The highest BCUT2D eigenvalue weighted by molar-refractivity contribution is 6.06. The van der Waals surface area contributed by atoms with Gasteiger partial charge in [0, 0.05) is 23.2 Å². The first kappa shape index (κ1) is 13.5. The summed E-state index contributed by atoms with van der Waals surface area (Å²) in [6, 6.07) is 9.45. The molecule has 0 unspecified atom stereocenters. The van der Waals surface area contributed by atoms with E-state index < -0.39 is 5.54 Å². The van der Waals surface area contributed by atoms with Crippen molar-refractivity contribution in [2.45, 2.75) is 26.3 Å². The zero-order valence-corrected chi connectivity index (χ0v) is 11.5. The topological polar surface area (TPSA) is 68.0 Å². The molecule has 1 aromatic heterocycles. The van der Waals surface area contributed by atoms with Crippen LogP contribution in [0.25, 0.3) is 10.9 Å². The van der Waals surface area contributed by atoms with Gasteiger partial charge in [-0.05, 0) is 32.9 Å². The molecular weight excluding hydrogens is 238 g/mol. The van der Waals surface area contributed by atoms with Crippen molar-refractivity contribution in [2.24, 2.45) is 5.73 Å². The van der Waals surface area contributed by atoms with Crippen molar-refractivity contribution in [2.75, 3.05) is 6.54 Å². The minimum Gasteiger partial charge on any atom is -0.346 e. The van der Waals surface area contributed by atoms with Gasteiger partial charge in [-0.15, -0.1) is 0 Å². The van der Waals surface area contributed by atoms with Gasteiger partial charge in [-0.3, -0.25) is 9.78 Å². The first-order valence-electron chi connectivity index (χ1n) is 6.32. The number of nitrogens with zero attached hydrogens (tertiary/aromatic N) is 1. The molecule has 0 atom stereocenters. The molecule has 2 aromatic rings. The van der Waals surface area contributed by atoms with Gasteiger partial charge >= 0.3 is 0 Å². The van der Waals surface area contributed by atoms with Crippen LogP contribution in [-0.4, -0.2) is 23.0 Å². The monoisotopic (exact) mass is 257 g/mol. The van der Waals surface area contributed by atoms with E-state index in [-0.39, 0.29) is 5.91 Å². The summed E-state index contributed by atoms with van der Waals surface area (Å²) >= 11 is 0. The molecule has 19 heavy (non-hydrogen) atoms. The average molecular weight is 257 g/mol. The van der Waals surface area contributed by atoms with Crippen molar-refractivity contribution in [1.82, 2.24) is 10.3 Å². The number of fused-ring (bicyclic) bond motifs is 1. The Bertz CT molecular complexity index is 620. The Morgan fingerprint density at radius 1 is 1.37 bits per heavy atom. The minimum atomic E-state index is -0.421. The number of pyridine rings is 1. The summed E-state index contributed by atoms with van der Waals surface area (Å²) in [7, 11) is 0. The lowest BCUT2D eigenvalue weighted by molar-refractivity contribution is 0.0917. The second-order valence-electron chi connectivity index (χ2n) is 5.37. The SMILES string of the molecule is Cc1cc(C(=O)NC(C)(C)CN)c2ccccc2n1. The molecule has 0 radical (unpaired) electrons. The molecule has 3 N–H and O–H groups in total. The number of rotatable bonds is 3. The van der Waals surface area contributed by atoms with Crippen molar-refractivity contribution in [3.63, 3.8) is 0 Å². The van der Waals surface area contributed by atoms with Gasteiger partial charge in [-0.2, -0.15) is 0 Å². The van der Waals surface area contributed by atoms with Crippen LogP contribution in [0.4, 0.5) is 0 Å². The Morgan fingerprint density at radius 2 is 2.05 bits per heavy atom. The van der Waals surface area contributed by atoms with Crippen LogP contribution in [0.5, 0.6) is 0 Å². The number of aryl methyl sites for hydroxylation is 1. The van der Waals surface area contributed by atoms with E-state index in [1.807, 2.05) is 51.1 Å². The Balaban J connectivity index is 2.47. The molecule has 1 heterocycles. The molecule has 2 rings (SSSR count). The molecule has 0 spiro atoms. The molecular formula is C15H19N3O. The van der Waals surface area contributed by atoms with Gasteiger partial charge in [0.25, 0.3) is 5.91 Å². The Morgan fingerprint density at radius 3 is 2.74 bits per heavy atom. The van der Waals surface area contributed by atoms with Crippen LogP contribution in [0, 0.1) is 6.92 Å². The van der Waals surface area contributed by atoms with Gasteiger partial charge in [-0.25, -0.2) is 0 Å². The van der Waals surface area contributed by atoms with Crippen LogP contribution in [-0.2, 0) is 0 Å². The number of benzene rings is 1. The lowest BCUT2D eigenvalue weighted by Gasteiger charge is -2.24. The van der Waals surface area contributed by atoms with Gasteiger partial charge in [-0.1, -0.05) is 18.2 Å². The number of nitrogens with one attached hydrogen (secondary N) is 1. The highest BCUT2D eigenvalue weighted by Gasteiger charge is 2.20. The maximum absolute atomic E-state index is 12.4. The van der Waals surface area contributed by atoms with E-state index in [0.717, 1.165) is 16.6 Å². The zero-order valence-electron chi connectivity index (χ0n) is 11.5. The third-order valence-corrected chi connectivity index (χ3v) is 3.05. The molecule has 0 bridgehead atoms. The van der Waals surface area contributed by atoms with Crippen molar-refractivity contribution < 1.29 is 4.79 Å². The van der Waals surface area contributed by atoms with Gasteiger partial charge in [0.15, 0.2) is 0 Å². The highest BCUT2D eigenvalue weighted by Crippen LogP contribution is 2.18. The van der Waals surface area contributed by atoms with Crippen LogP contribution >= 0.6 is 0 Å². The summed E-state index contributed by atoms with van der Waals surface area (Å²) in [6.45, 7) is 6.08. The number of para-hydroxylation sites is 1. The van der Waals surface area contributed by atoms with Gasteiger partial charge in [0.2, 0.25) is 0 Å². The third kappa shape index (κ3) is 2.90. The van der Waals surface area contributed by atoms with Crippen LogP contribution in [0.2, 0.25) is 0 Å². The van der Waals surface area contributed by atoms with Crippen LogP contribution in [0.1, 0.15) is 29.9 Å². The van der Waals surface area contributed by atoms with Gasteiger partial charge in [0.05, 0.1) is 11.1 Å². The fraction of sp³-hybridized carbons (Fsp3) is 0.333. The molecule has 4 heteroatoms. The van der Waals surface area contributed by atoms with E-state index in [9.17, 15) is 4.79 Å². The normalized spacial score (nSPS) is 11.6. The molecule has 0 aliphatic heterocycles. The molecule has 100 valence electrons. The summed E-state index contributed by atoms with van der Waals surface area (Å²) in [5.41, 5.74) is 7.53. The number of carbonyl (C=O) groups excluding carboxylic acids is 1.